The molecule has 1 N–H and O–H groups in total. The lowest BCUT2D eigenvalue weighted by Gasteiger charge is -2.59. The summed E-state index contributed by atoms with van der Waals surface area (Å²) in [4.78, 5) is 0. The Hall–Kier alpha value is -0.280. The lowest BCUT2D eigenvalue weighted by atomic mass is 9.48. The molecule has 1 heterocycles. The Kier molecular flexibility index (Phi) is 3.50. The van der Waals surface area contributed by atoms with Crippen LogP contribution >= 0.6 is 15.9 Å². The van der Waals surface area contributed by atoms with Crippen LogP contribution in [0.15, 0.2) is 21.2 Å². The van der Waals surface area contributed by atoms with E-state index >= 15 is 0 Å². The first-order valence-corrected chi connectivity index (χ1v) is 9.35. The molecule has 0 aromatic carbocycles. The minimum absolute atomic E-state index is 0.291. The van der Waals surface area contributed by atoms with Crippen LogP contribution in [0.3, 0.4) is 0 Å². The second kappa shape index (κ2) is 5.13. The van der Waals surface area contributed by atoms with Gasteiger partial charge in [0.25, 0.3) is 0 Å². The SMILES string of the molecule is CC(NC(C)C12CC3CC(CC(C3)C1)C2)c1ccc(Br)o1. The number of nitrogens with one attached hydrogen (secondary N) is 1. The van der Waals surface area contributed by atoms with E-state index in [2.05, 4.69) is 41.2 Å². The van der Waals surface area contributed by atoms with Crippen LogP contribution in [0, 0.1) is 23.2 Å². The van der Waals surface area contributed by atoms with Crippen molar-refractivity contribution in [2.24, 2.45) is 23.2 Å². The Morgan fingerprint density at radius 1 is 1.10 bits per heavy atom. The third kappa shape index (κ3) is 2.50. The Balaban J connectivity index is 1.48. The van der Waals surface area contributed by atoms with Crippen molar-refractivity contribution in [3.05, 3.63) is 22.6 Å². The molecule has 1 aromatic rings. The summed E-state index contributed by atoms with van der Waals surface area (Å²) in [5.74, 6) is 4.11. The molecule has 4 fully saturated rings. The molecule has 0 spiro atoms. The summed E-state index contributed by atoms with van der Waals surface area (Å²) in [7, 11) is 0. The number of halogens is 1. The van der Waals surface area contributed by atoms with Crippen molar-refractivity contribution < 1.29 is 4.42 Å². The largest absolute Gasteiger partial charge is 0.453 e. The predicted molar refractivity (Wildman–Crippen MR) is 88.0 cm³/mol. The molecule has 0 radical (unpaired) electrons. The summed E-state index contributed by atoms with van der Waals surface area (Å²) in [5.41, 5.74) is 0.562. The van der Waals surface area contributed by atoms with E-state index in [1.807, 2.05) is 6.07 Å². The van der Waals surface area contributed by atoms with Gasteiger partial charge in [-0.3, -0.25) is 0 Å². The van der Waals surface area contributed by atoms with Crippen molar-refractivity contribution in [3.8, 4) is 0 Å². The van der Waals surface area contributed by atoms with Crippen LogP contribution in [0.2, 0.25) is 0 Å². The summed E-state index contributed by atoms with van der Waals surface area (Å²) in [6, 6.07) is 4.95. The maximum atomic E-state index is 5.72. The average molecular weight is 352 g/mol. The third-order valence-corrected chi connectivity index (χ3v) is 6.95. The maximum Gasteiger partial charge on any atom is 0.169 e. The molecule has 2 nitrogen and oxygen atoms in total. The quantitative estimate of drug-likeness (QED) is 0.796. The van der Waals surface area contributed by atoms with Gasteiger partial charge in [-0.15, -0.1) is 0 Å². The monoisotopic (exact) mass is 351 g/mol. The van der Waals surface area contributed by atoms with Crippen LogP contribution in [0.25, 0.3) is 0 Å². The van der Waals surface area contributed by atoms with Gasteiger partial charge in [0.05, 0.1) is 6.04 Å². The highest BCUT2D eigenvalue weighted by atomic mass is 79.9. The van der Waals surface area contributed by atoms with Crippen molar-refractivity contribution in [2.75, 3.05) is 0 Å². The van der Waals surface area contributed by atoms with Crippen LogP contribution in [0.5, 0.6) is 0 Å². The van der Waals surface area contributed by atoms with Crippen molar-refractivity contribution >= 4 is 15.9 Å². The molecule has 4 saturated carbocycles. The lowest BCUT2D eigenvalue weighted by molar-refractivity contribution is -0.0722. The second-order valence-electron chi connectivity index (χ2n) is 8.03. The molecular weight excluding hydrogens is 326 g/mol. The van der Waals surface area contributed by atoms with E-state index in [0.717, 1.165) is 28.2 Å². The molecule has 5 rings (SSSR count). The molecule has 4 bridgehead atoms. The second-order valence-corrected chi connectivity index (χ2v) is 8.81. The number of furan rings is 1. The normalized spacial score (nSPS) is 40.4. The van der Waals surface area contributed by atoms with Gasteiger partial charge in [0.15, 0.2) is 4.67 Å². The van der Waals surface area contributed by atoms with Crippen molar-refractivity contribution in [2.45, 2.75) is 64.5 Å². The first-order chi connectivity index (χ1) is 10.0. The molecule has 0 aliphatic heterocycles. The Bertz CT molecular complexity index is 488. The van der Waals surface area contributed by atoms with Gasteiger partial charge in [0.1, 0.15) is 5.76 Å². The fourth-order valence-corrected chi connectivity index (χ4v) is 6.22. The lowest BCUT2D eigenvalue weighted by Crippen LogP contribution is -2.55. The molecule has 21 heavy (non-hydrogen) atoms. The maximum absolute atomic E-state index is 5.72. The van der Waals surface area contributed by atoms with E-state index in [-0.39, 0.29) is 0 Å². The molecular formula is C18H26BrNO. The fraction of sp³-hybridized carbons (Fsp3) is 0.778. The van der Waals surface area contributed by atoms with E-state index in [1.165, 1.54) is 38.5 Å². The molecule has 2 unspecified atom stereocenters. The van der Waals surface area contributed by atoms with Crippen LogP contribution < -0.4 is 5.32 Å². The Morgan fingerprint density at radius 3 is 2.14 bits per heavy atom. The van der Waals surface area contributed by atoms with Gasteiger partial charge in [-0.1, -0.05) is 0 Å². The third-order valence-electron chi connectivity index (χ3n) is 6.52. The van der Waals surface area contributed by atoms with E-state index < -0.39 is 0 Å². The van der Waals surface area contributed by atoms with E-state index in [4.69, 9.17) is 4.42 Å². The molecule has 3 heteroatoms. The molecule has 116 valence electrons. The zero-order chi connectivity index (χ0) is 14.6. The highest BCUT2D eigenvalue weighted by molar-refractivity contribution is 9.10. The Morgan fingerprint density at radius 2 is 1.67 bits per heavy atom. The summed E-state index contributed by atoms with van der Waals surface area (Å²) >= 11 is 3.40. The summed E-state index contributed by atoms with van der Waals surface area (Å²) in [5, 5.41) is 3.85. The summed E-state index contributed by atoms with van der Waals surface area (Å²) in [6.07, 6.45) is 8.94. The van der Waals surface area contributed by atoms with Crippen LogP contribution in [-0.4, -0.2) is 6.04 Å². The molecule has 4 aliphatic carbocycles. The van der Waals surface area contributed by atoms with Gasteiger partial charge in [-0.2, -0.15) is 0 Å². The zero-order valence-electron chi connectivity index (χ0n) is 13.1. The number of hydrogen-bond donors (Lipinski definition) is 1. The number of hydrogen-bond acceptors (Lipinski definition) is 2. The Labute approximate surface area is 136 Å². The topological polar surface area (TPSA) is 25.2 Å². The summed E-state index contributed by atoms with van der Waals surface area (Å²) < 4.78 is 6.55. The van der Waals surface area contributed by atoms with E-state index in [0.29, 0.717) is 17.5 Å². The van der Waals surface area contributed by atoms with Crippen LogP contribution in [0.1, 0.15) is 64.2 Å². The zero-order valence-corrected chi connectivity index (χ0v) is 14.7. The molecule has 0 saturated heterocycles. The van der Waals surface area contributed by atoms with Crippen molar-refractivity contribution in [1.82, 2.24) is 5.32 Å². The summed E-state index contributed by atoms with van der Waals surface area (Å²) in [6.45, 7) is 4.64. The molecule has 4 aliphatic rings. The number of rotatable bonds is 4. The predicted octanol–water partition coefficient (Wildman–Crippen LogP) is 5.30. The van der Waals surface area contributed by atoms with Gasteiger partial charge < -0.3 is 9.73 Å². The van der Waals surface area contributed by atoms with Gasteiger partial charge in [0, 0.05) is 6.04 Å². The molecule has 0 amide bonds. The average Bonchev–Trinajstić information content (AvgIpc) is 2.84. The van der Waals surface area contributed by atoms with Gasteiger partial charge in [-0.25, -0.2) is 0 Å². The highest BCUT2D eigenvalue weighted by Gasteiger charge is 2.53. The van der Waals surface area contributed by atoms with Crippen LogP contribution in [0.4, 0.5) is 0 Å². The van der Waals surface area contributed by atoms with Gasteiger partial charge in [-0.05, 0) is 104 Å². The van der Waals surface area contributed by atoms with Crippen LogP contribution in [-0.2, 0) is 0 Å². The van der Waals surface area contributed by atoms with E-state index in [1.54, 1.807) is 0 Å². The molecule has 1 aromatic heterocycles. The first-order valence-electron chi connectivity index (χ1n) is 8.55. The minimum atomic E-state index is 0.291. The minimum Gasteiger partial charge on any atom is -0.453 e. The van der Waals surface area contributed by atoms with Gasteiger partial charge in [0.2, 0.25) is 0 Å². The smallest absolute Gasteiger partial charge is 0.169 e. The van der Waals surface area contributed by atoms with Gasteiger partial charge >= 0.3 is 0 Å². The van der Waals surface area contributed by atoms with Crippen molar-refractivity contribution in [1.29, 1.82) is 0 Å². The van der Waals surface area contributed by atoms with Crippen molar-refractivity contribution in [3.63, 3.8) is 0 Å². The van der Waals surface area contributed by atoms with E-state index in [9.17, 15) is 0 Å². The standard InChI is InChI=1S/C18H26BrNO/c1-11(16-3-4-17(19)21-16)20-12(2)18-8-13-5-14(9-18)7-15(6-13)10-18/h3-4,11-15,20H,5-10H2,1-2H3. The fourth-order valence-electron chi connectivity index (χ4n) is 5.90. The highest BCUT2D eigenvalue weighted by Crippen LogP contribution is 2.61. The molecule has 2 atom stereocenters. The first kappa shape index (κ1) is 14.3.